The number of sulfonamides is 1. The van der Waals surface area contributed by atoms with E-state index >= 15 is 0 Å². The Morgan fingerprint density at radius 1 is 0.909 bits per heavy atom. The second-order valence-electron chi connectivity index (χ2n) is 6.80. The van der Waals surface area contributed by atoms with Gasteiger partial charge in [-0.3, -0.25) is 4.79 Å². The third-order valence-corrected chi connectivity index (χ3v) is 6.68. The molecule has 1 heterocycles. The summed E-state index contributed by atoms with van der Waals surface area (Å²) in [6.45, 7) is 0. The molecule has 0 aliphatic carbocycles. The molecule has 2 amide bonds. The molecule has 0 saturated carbocycles. The number of hydrogen-bond donors (Lipinski definition) is 3. The fraction of sp³-hybridized carbons (Fsp3) is 0. The molecular formula is C21H14Cl2N4O5S. The van der Waals surface area contributed by atoms with E-state index in [0.29, 0.717) is 10.9 Å². The van der Waals surface area contributed by atoms with Gasteiger partial charge in [-0.2, -0.15) is 0 Å². The van der Waals surface area contributed by atoms with E-state index in [4.69, 9.17) is 23.2 Å². The third kappa shape index (κ3) is 4.63. The number of amides is 2. The summed E-state index contributed by atoms with van der Waals surface area (Å²) in [5.41, 5.74) is -0.209. The molecule has 3 N–H and O–H groups in total. The van der Waals surface area contributed by atoms with Gasteiger partial charge in [-0.05, 0) is 54.6 Å². The van der Waals surface area contributed by atoms with Crippen LogP contribution in [0.2, 0.25) is 10.0 Å². The lowest BCUT2D eigenvalue weighted by Crippen LogP contribution is -2.34. The van der Waals surface area contributed by atoms with E-state index in [1.54, 1.807) is 24.3 Å². The Morgan fingerprint density at radius 3 is 2.30 bits per heavy atom. The minimum absolute atomic E-state index is 0.0226. The fourth-order valence-electron chi connectivity index (χ4n) is 3.07. The number of anilines is 1. The Kier molecular flexibility index (Phi) is 5.98. The molecule has 33 heavy (non-hydrogen) atoms. The first-order valence-corrected chi connectivity index (χ1v) is 11.5. The molecule has 0 aliphatic heterocycles. The predicted octanol–water partition coefficient (Wildman–Crippen LogP) is 3.50. The second-order valence-corrected chi connectivity index (χ2v) is 9.30. The minimum Gasteiger partial charge on any atom is -0.307 e. The van der Waals surface area contributed by atoms with Crippen molar-refractivity contribution in [3.8, 4) is 5.69 Å². The first-order chi connectivity index (χ1) is 15.7. The summed E-state index contributed by atoms with van der Waals surface area (Å²) in [5, 5.41) is 2.90. The Bertz CT molecular complexity index is 1610. The first kappa shape index (κ1) is 22.6. The molecule has 0 unspecified atom stereocenters. The number of nitrogens with zero attached hydrogens (tertiary/aromatic N) is 1. The van der Waals surface area contributed by atoms with Gasteiger partial charge in [-0.25, -0.2) is 27.3 Å². The second kappa shape index (κ2) is 8.74. The number of benzene rings is 3. The first-order valence-electron chi connectivity index (χ1n) is 9.29. The summed E-state index contributed by atoms with van der Waals surface area (Å²) in [7, 11) is -4.20. The van der Waals surface area contributed by atoms with Crippen LogP contribution in [0, 0.1) is 0 Å². The lowest BCUT2D eigenvalue weighted by Gasteiger charge is -2.10. The number of halogens is 2. The highest BCUT2D eigenvalue weighted by atomic mass is 35.5. The maximum Gasteiger partial charge on any atom is 0.333 e. The molecule has 0 spiro atoms. The topological polar surface area (TPSA) is 130 Å². The van der Waals surface area contributed by atoms with Crippen molar-refractivity contribution in [3.05, 3.63) is 97.6 Å². The van der Waals surface area contributed by atoms with E-state index in [-0.39, 0.29) is 26.3 Å². The summed E-state index contributed by atoms with van der Waals surface area (Å²) in [5.74, 6) is 0. The maximum atomic E-state index is 12.7. The zero-order chi connectivity index (χ0) is 23.8. The average molecular weight is 505 g/mol. The zero-order valence-electron chi connectivity index (χ0n) is 16.5. The van der Waals surface area contributed by atoms with Crippen LogP contribution in [0.1, 0.15) is 0 Å². The van der Waals surface area contributed by atoms with Crippen LogP contribution in [-0.4, -0.2) is 24.0 Å². The van der Waals surface area contributed by atoms with Crippen LogP contribution in [0.4, 0.5) is 10.5 Å². The van der Waals surface area contributed by atoms with Crippen LogP contribution in [-0.2, 0) is 10.0 Å². The molecule has 4 aromatic rings. The Hall–Kier alpha value is -3.60. The largest absolute Gasteiger partial charge is 0.333 e. The van der Waals surface area contributed by atoms with Crippen LogP contribution in [0.5, 0.6) is 0 Å². The van der Waals surface area contributed by atoms with Crippen molar-refractivity contribution in [2.24, 2.45) is 0 Å². The molecule has 0 aliphatic rings. The van der Waals surface area contributed by atoms with Crippen molar-refractivity contribution in [1.82, 2.24) is 14.3 Å². The van der Waals surface area contributed by atoms with Crippen LogP contribution in [0.25, 0.3) is 16.6 Å². The number of aromatic amines is 1. The van der Waals surface area contributed by atoms with Gasteiger partial charge in [0.05, 0.1) is 31.5 Å². The van der Waals surface area contributed by atoms with Gasteiger partial charge in [0.1, 0.15) is 0 Å². The van der Waals surface area contributed by atoms with E-state index < -0.39 is 27.3 Å². The lowest BCUT2D eigenvalue weighted by atomic mass is 10.2. The van der Waals surface area contributed by atoms with Crippen LogP contribution < -0.4 is 21.3 Å². The molecular weight excluding hydrogens is 491 g/mol. The van der Waals surface area contributed by atoms with E-state index in [1.807, 2.05) is 4.72 Å². The molecule has 0 atom stereocenters. The molecule has 0 saturated heterocycles. The fourth-order valence-corrected chi connectivity index (χ4v) is 4.37. The van der Waals surface area contributed by atoms with Crippen molar-refractivity contribution >= 4 is 55.8 Å². The highest BCUT2D eigenvalue weighted by molar-refractivity contribution is 7.90. The van der Waals surface area contributed by atoms with Gasteiger partial charge < -0.3 is 10.3 Å². The van der Waals surface area contributed by atoms with Crippen molar-refractivity contribution in [1.29, 1.82) is 0 Å². The quantitative estimate of drug-likeness (QED) is 0.391. The predicted molar refractivity (Wildman–Crippen MR) is 126 cm³/mol. The normalized spacial score (nSPS) is 11.3. The van der Waals surface area contributed by atoms with Crippen LogP contribution >= 0.6 is 23.2 Å². The minimum atomic E-state index is -4.20. The van der Waals surface area contributed by atoms with Gasteiger partial charge >= 0.3 is 11.7 Å². The zero-order valence-corrected chi connectivity index (χ0v) is 18.8. The monoisotopic (exact) mass is 504 g/mol. The number of rotatable bonds is 4. The molecule has 1 aromatic heterocycles. The van der Waals surface area contributed by atoms with Gasteiger partial charge in [0.2, 0.25) is 0 Å². The van der Waals surface area contributed by atoms with Gasteiger partial charge in [0.25, 0.3) is 15.6 Å². The SMILES string of the molecule is O=C(Nc1ccc(-n2c(=O)[nH]c3ccccc3c2=O)cc1)NS(=O)(=O)c1ccc(Cl)c(Cl)c1. The molecule has 9 nitrogen and oxygen atoms in total. The molecule has 168 valence electrons. The number of hydrogen-bond acceptors (Lipinski definition) is 5. The lowest BCUT2D eigenvalue weighted by molar-refractivity contribution is 0.256. The molecule has 0 radical (unpaired) electrons. The molecule has 4 rings (SSSR count). The number of H-pyrrole nitrogens is 1. The molecule has 12 heteroatoms. The maximum absolute atomic E-state index is 12.7. The Morgan fingerprint density at radius 2 is 1.61 bits per heavy atom. The summed E-state index contributed by atoms with van der Waals surface area (Å²) in [6.07, 6.45) is 0. The van der Waals surface area contributed by atoms with E-state index in [1.165, 1.54) is 36.4 Å². The third-order valence-electron chi connectivity index (χ3n) is 4.62. The van der Waals surface area contributed by atoms with Gasteiger partial charge in [0, 0.05) is 5.69 Å². The van der Waals surface area contributed by atoms with E-state index in [9.17, 15) is 22.8 Å². The number of carbonyl (C=O) groups is 1. The van der Waals surface area contributed by atoms with Crippen LogP contribution in [0.15, 0.2) is 81.2 Å². The van der Waals surface area contributed by atoms with Gasteiger partial charge in [-0.15, -0.1) is 0 Å². The smallest absolute Gasteiger partial charge is 0.307 e. The number of carbonyl (C=O) groups excluding carboxylic acids is 1. The number of para-hydroxylation sites is 1. The van der Waals surface area contributed by atoms with Crippen molar-refractivity contribution < 1.29 is 13.2 Å². The summed E-state index contributed by atoms with van der Waals surface area (Å²) >= 11 is 11.6. The summed E-state index contributed by atoms with van der Waals surface area (Å²) in [6, 6.07) is 14.9. The molecule has 3 aromatic carbocycles. The number of fused-ring (bicyclic) bond motifs is 1. The van der Waals surface area contributed by atoms with Crippen molar-refractivity contribution in [3.63, 3.8) is 0 Å². The van der Waals surface area contributed by atoms with E-state index in [0.717, 1.165) is 10.6 Å². The van der Waals surface area contributed by atoms with Gasteiger partial charge in [0.15, 0.2) is 0 Å². The average Bonchev–Trinajstić information content (AvgIpc) is 2.76. The number of nitrogens with one attached hydrogen (secondary N) is 3. The molecule has 0 fully saturated rings. The highest BCUT2D eigenvalue weighted by Crippen LogP contribution is 2.24. The van der Waals surface area contributed by atoms with E-state index in [2.05, 4.69) is 10.3 Å². The van der Waals surface area contributed by atoms with Crippen LogP contribution in [0.3, 0.4) is 0 Å². The summed E-state index contributed by atoms with van der Waals surface area (Å²) < 4.78 is 27.6. The Labute approximate surface area is 196 Å². The summed E-state index contributed by atoms with van der Waals surface area (Å²) in [4.78, 5) is 39.7. The number of aromatic nitrogens is 2. The highest BCUT2D eigenvalue weighted by Gasteiger charge is 2.19. The Balaban J connectivity index is 1.54. The van der Waals surface area contributed by atoms with Gasteiger partial charge in [-0.1, -0.05) is 35.3 Å². The number of urea groups is 1. The standard InChI is InChI=1S/C21H14Cl2N4O5S/c22-16-10-9-14(11-17(16)23)33(31,32)26-20(29)24-12-5-7-13(8-6-12)27-19(28)15-3-1-2-4-18(15)25-21(27)30/h1-11H,(H,25,30)(H2,24,26,29). The van der Waals surface area contributed by atoms with Crippen molar-refractivity contribution in [2.75, 3.05) is 5.32 Å². The molecule has 0 bridgehead atoms. The van der Waals surface area contributed by atoms with Crippen molar-refractivity contribution in [2.45, 2.75) is 4.90 Å².